The van der Waals surface area contributed by atoms with Gasteiger partial charge in [-0.2, -0.15) is 0 Å². The van der Waals surface area contributed by atoms with Crippen LogP contribution in [-0.2, 0) is 11.3 Å². The molecular weight excluding hydrogens is 350 g/mol. The van der Waals surface area contributed by atoms with Gasteiger partial charge in [0, 0.05) is 19.6 Å². The number of carbonyl (C=O) groups is 1. The van der Waals surface area contributed by atoms with Gasteiger partial charge in [0.05, 0.1) is 25.0 Å². The maximum absolute atomic E-state index is 12.6. The molecule has 1 N–H and O–H groups in total. The van der Waals surface area contributed by atoms with Gasteiger partial charge in [0.2, 0.25) is 5.91 Å². The number of methoxy groups -OCH3 is 1. The van der Waals surface area contributed by atoms with Crippen LogP contribution in [-0.4, -0.2) is 44.6 Å². The fraction of sp³-hybridized carbons (Fsp3) is 0.435. The molecule has 0 atom stereocenters. The lowest BCUT2D eigenvalue weighted by Gasteiger charge is -2.30. The number of anilines is 2. The van der Waals surface area contributed by atoms with Crippen molar-refractivity contribution in [2.75, 3.05) is 44.0 Å². The van der Waals surface area contributed by atoms with E-state index in [0.717, 1.165) is 35.8 Å². The van der Waals surface area contributed by atoms with E-state index in [4.69, 9.17) is 4.74 Å². The van der Waals surface area contributed by atoms with Gasteiger partial charge in [-0.15, -0.1) is 0 Å². The number of nitrogens with one attached hydrogen (secondary N) is 1. The molecule has 150 valence electrons. The lowest BCUT2D eigenvalue weighted by atomic mass is 10.1. The normalized spacial score (nSPS) is 14.2. The van der Waals surface area contributed by atoms with Crippen LogP contribution in [0.3, 0.4) is 0 Å². The average Bonchev–Trinajstić information content (AvgIpc) is 2.69. The molecule has 3 rings (SSSR count). The molecule has 0 unspecified atom stereocenters. The number of benzene rings is 2. The Morgan fingerprint density at radius 2 is 1.89 bits per heavy atom. The summed E-state index contributed by atoms with van der Waals surface area (Å²) < 4.78 is 5.32. The molecule has 5 heteroatoms. The van der Waals surface area contributed by atoms with Gasteiger partial charge in [-0.3, -0.25) is 9.69 Å². The number of likely N-dealkylation sites (N-methyl/N-ethyl adjacent to an activating group) is 1. The number of para-hydroxylation sites is 2. The fourth-order valence-electron chi connectivity index (χ4n) is 3.83. The van der Waals surface area contributed by atoms with Gasteiger partial charge in [0.25, 0.3) is 0 Å². The summed E-state index contributed by atoms with van der Waals surface area (Å²) in [6, 6.07) is 14.3. The third-order valence-electron chi connectivity index (χ3n) is 5.20. The first-order chi connectivity index (χ1) is 13.6. The van der Waals surface area contributed by atoms with Crippen molar-refractivity contribution >= 4 is 17.3 Å². The smallest absolute Gasteiger partial charge is 0.238 e. The first-order valence-corrected chi connectivity index (χ1v) is 10.0. The minimum Gasteiger partial charge on any atom is -0.496 e. The number of piperidine rings is 1. The van der Waals surface area contributed by atoms with Crippen molar-refractivity contribution in [2.24, 2.45) is 0 Å². The molecule has 0 aliphatic carbocycles. The molecule has 28 heavy (non-hydrogen) atoms. The molecule has 1 saturated heterocycles. The van der Waals surface area contributed by atoms with E-state index in [1.54, 1.807) is 7.11 Å². The Labute approximate surface area is 168 Å². The van der Waals surface area contributed by atoms with E-state index in [9.17, 15) is 4.79 Å². The fourth-order valence-corrected chi connectivity index (χ4v) is 3.83. The van der Waals surface area contributed by atoms with Crippen molar-refractivity contribution in [1.29, 1.82) is 0 Å². The highest BCUT2D eigenvalue weighted by molar-refractivity contribution is 5.95. The van der Waals surface area contributed by atoms with Crippen molar-refractivity contribution < 1.29 is 9.53 Å². The zero-order valence-electron chi connectivity index (χ0n) is 17.2. The molecule has 1 aliphatic heterocycles. The van der Waals surface area contributed by atoms with Crippen LogP contribution in [0, 0.1) is 6.92 Å². The summed E-state index contributed by atoms with van der Waals surface area (Å²) >= 11 is 0. The van der Waals surface area contributed by atoms with Gasteiger partial charge in [0.15, 0.2) is 0 Å². The summed E-state index contributed by atoms with van der Waals surface area (Å²) in [6.45, 7) is 5.21. The SMILES string of the molecule is COc1ccc(CN(C)CC(=O)Nc2ccccc2N2CCCCC2)cc1C. The van der Waals surface area contributed by atoms with Crippen molar-refractivity contribution in [3.8, 4) is 5.75 Å². The number of carbonyl (C=O) groups excluding carboxylic acids is 1. The van der Waals surface area contributed by atoms with Crippen molar-refractivity contribution in [3.05, 3.63) is 53.6 Å². The quantitative estimate of drug-likeness (QED) is 0.785. The third-order valence-corrected chi connectivity index (χ3v) is 5.20. The van der Waals surface area contributed by atoms with E-state index in [-0.39, 0.29) is 5.91 Å². The Morgan fingerprint density at radius 3 is 2.61 bits per heavy atom. The Bertz CT molecular complexity index is 800. The number of rotatable bonds is 7. The third kappa shape index (κ3) is 5.26. The number of hydrogen-bond donors (Lipinski definition) is 1. The number of hydrogen-bond acceptors (Lipinski definition) is 4. The highest BCUT2D eigenvalue weighted by Crippen LogP contribution is 2.28. The van der Waals surface area contributed by atoms with Gasteiger partial charge in [0.1, 0.15) is 5.75 Å². The van der Waals surface area contributed by atoms with E-state index in [1.165, 1.54) is 24.8 Å². The maximum Gasteiger partial charge on any atom is 0.238 e. The van der Waals surface area contributed by atoms with Crippen LogP contribution in [0.5, 0.6) is 5.75 Å². The van der Waals surface area contributed by atoms with Crippen molar-refractivity contribution in [1.82, 2.24) is 4.90 Å². The molecule has 1 amide bonds. The molecule has 0 aromatic heterocycles. The van der Waals surface area contributed by atoms with E-state index >= 15 is 0 Å². The first-order valence-electron chi connectivity index (χ1n) is 10.0. The second kappa shape index (κ2) is 9.60. The summed E-state index contributed by atoms with van der Waals surface area (Å²) in [5, 5.41) is 3.11. The number of ether oxygens (including phenoxy) is 1. The topological polar surface area (TPSA) is 44.8 Å². The van der Waals surface area contributed by atoms with Crippen molar-refractivity contribution in [2.45, 2.75) is 32.7 Å². The highest BCUT2D eigenvalue weighted by Gasteiger charge is 2.16. The van der Waals surface area contributed by atoms with Gasteiger partial charge in [-0.1, -0.05) is 24.3 Å². The Kier molecular flexibility index (Phi) is 6.93. The number of nitrogens with zero attached hydrogens (tertiary/aromatic N) is 2. The molecule has 5 nitrogen and oxygen atoms in total. The molecule has 0 radical (unpaired) electrons. The van der Waals surface area contributed by atoms with Crippen molar-refractivity contribution in [3.63, 3.8) is 0 Å². The highest BCUT2D eigenvalue weighted by atomic mass is 16.5. The van der Waals surface area contributed by atoms with E-state index < -0.39 is 0 Å². The lowest BCUT2D eigenvalue weighted by Crippen LogP contribution is -2.32. The largest absolute Gasteiger partial charge is 0.496 e. The minimum absolute atomic E-state index is 0.0113. The first kappa shape index (κ1) is 20.2. The molecule has 1 aliphatic rings. The van der Waals surface area contributed by atoms with Crippen LogP contribution in [0.2, 0.25) is 0 Å². The van der Waals surface area contributed by atoms with E-state index in [0.29, 0.717) is 13.1 Å². The molecule has 0 spiro atoms. The van der Waals surface area contributed by atoms with Crippen LogP contribution >= 0.6 is 0 Å². The summed E-state index contributed by atoms with van der Waals surface area (Å²) in [5.41, 5.74) is 4.31. The number of aryl methyl sites for hydroxylation is 1. The molecule has 2 aromatic rings. The lowest BCUT2D eigenvalue weighted by molar-refractivity contribution is -0.117. The Hall–Kier alpha value is -2.53. The zero-order chi connectivity index (χ0) is 19.9. The summed E-state index contributed by atoms with van der Waals surface area (Å²) in [6.07, 6.45) is 3.72. The van der Waals surface area contributed by atoms with Crippen LogP contribution in [0.4, 0.5) is 11.4 Å². The summed E-state index contributed by atoms with van der Waals surface area (Å²) in [5.74, 6) is 0.899. The second-order valence-corrected chi connectivity index (χ2v) is 7.59. The van der Waals surface area contributed by atoms with Gasteiger partial charge >= 0.3 is 0 Å². The summed E-state index contributed by atoms with van der Waals surface area (Å²) in [7, 11) is 3.65. The molecule has 0 saturated carbocycles. The molecule has 0 bridgehead atoms. The average molecular weight is 382 g/mol. The Balaban J connectivity index is 1.59. The monoisotopic (exact) mass is 381 g/mol. The summed E-state index contributed by atoms with van der Waals surface area (Å²) in [4.78, 5) is 17.0. The molecule has 1 heterocycles. The van der Waals surface area contributed by atoms with Crippen LogP contribution in [0.15, 0.2) is 42.5 Å². The van der Waals surface area contributed by atoms with Crippen LogP contribution in [0.25, 0.3) is 0 Å². The van der Waals surface area contributed by atoms with Crippen LogP contribution < -0.4 is 15.0 Å². The molecular formula is C23H31N3O2. The van der Waals surface area contributed by atoms with Crippen LogP contribution in [0.1, 0.15) is 30.4 Å². The predicted octanol–water partition coefficient (Wildman–Crippen LogP) is 4.06. The zero-order valence-corrected chi connectivity index (χ0v) is 17.2. The van der Waals surface area contributed by atoms with Gasteiger partial charge in [-0.05, 0) is 62.6 Å². The van der Waals surface area contributed by atoms with E-state index in [2.05, 4.69) is 22.3 Å². The van der Waals surface area contributed by atoms with Gasteiger partial charge < -0.3 is 15.0 Å². The maximum atomic E-state index is 12.6. The standard InChI is InChI=1S/C23H31N3O2/c1-18-15-19(11-12-22(18)28-3)16-25(2)17-23(27)24-20-9-5-6-10-21(20)26-13-7-4-8-14-26/h5-6,9-12,15H,4,7-8,13-14,16-17H2,1-3H3,(H,24,27). The predicted molar refractivity (Wildman–Crippen MR) is 115 cm³/mol. The Morgan fingerprint density at radius 1 is 1.14 bits per heavy atom. The molecule has 2 aromatic carbocycles. The second-order valence-electron chi connectivity index (χ2n) is 7.59. The van der Waals surface area contributed by atoms with E-state index in [1.807, 2.05) is 49.2 Å². The minimum atomic E-state index is 0.0113. The molecule has 1 fully saturated rings. The van der Waals surface area contributed by atoms with Gasteiger partial charge in [-0.25, -0.2) is 0 Å². The number of amides is 1.